The molecular formula is C17H20N4O3. The summed E-state index contributed by atoms with van der Waals surface area (Å²) < 4.78 is 2.00. The largest absolute Gasteiger partial charge is 0.338 e. The van der Waals surface area contributed by atoms with Crippen LogP contribution in [-0.4, -0.2) is 37.9 Å². The van der Waals surface area contributed by atoms with Gasteiger partial charge in [0.15, 0.2) is 0 Å². The number of nitro benzene ring substituents is 1. The fraction of sp³-hybridized carbons (Fsp3) is 0.412. The van der Waals surface area contributed by atoms with Gasteiger partial charge in [-0.15, -0.1) is 0 Å². The molecule has 2 heterocycles. The van der Waals surface area contributed by atoms with Gasteiger partial charge in [0.05, 0.1) is 11.3 Å². The van der Waals surface area contributed by atoms with Crippen molar-refractivity contribution >= 4 is 11.6 Å². The maximum atomic E-state index is 12.5. The van der Waals surface area contributed by atoms with Crippen molar-refractivity contribution in [1.29, 1.82) is 0 Å². The van der Waals surface area contributed by atoms with E-state index >= 15 is 0 Å². The molecule has 1 aliphatic heterocycles. The molecule has 0 radical (unpaired) electrons. The zero-order chi connectivity index (χ0) is 16.9. The summed E-state index contributed by atoms with van der Waals surface area (Å²) in [6.45, 7) is 1.55. The van der Waals surface area contributed by atoms with E-state index in [0.29, 0.717) is 12.8 Å². The summed E-state index contributed by atoms with van der Waals surface area (Å²) in [7, 11) is 0. The Kier molecular flexibility index (Phi) is 4.88. The van der Waals surface area contributed by atoms with E-state index in [1.165, 1.54) is 6.07 Å². The predicted octanol–water partition coefficient (Wildman–Crippen LogP) is 2.42. The smallest absolute Gasteiger partial charge is 0.269 e. The van der Waals surface area contributed by atoms with Gasteiger partial charge in [0.1, 0.15) is 0 Å². The number of aryl methyl sites for hydroxylation is 1. The summed E-state index contributed by atoms with van der Waals surface area (Å²) >= 11 is 0. The number of benzene rings is 1. The standard InChI is InChI=1S/C17H20N4O3/c22-17(7-6-14-3-1-4-15(11-14)21(23)24)20-9-2-5-16(20)12-19-10-8-18-13-19/h1,3-4,8,10-11,13,16H,2,5-7,9,12H2/t16-/m1/s1. The third kappa shape index (κ3) is 3.79. The summed E-state index contributed by atoms with van der Waals surface area (Å²) in [5.41, 5.74) is 0.891. The van der Waals surface area contributed by atoms with E-state index in [9.17, 15) is 14.9 Å². The zero-order valence-electron chi connectivity index (χ0n) is 13.4. The third-order valence-electron chi connectivity index (χ3n) is 4.43. The number of carbonyl (C=O) groups excluding carboxylic acids is 1. The molecule has 0 aliphatic carbocycles. The Balaban J connectivity index is 1.58. The molecule has 126 valence electrons. The number of nitro groups is 1. The number of non-ortho nitro benzene ring substituents is 1. The van der Waals surface area contributed by atoms with Crippen LogP contribution in [0.5, 0.6) is 0 Å². The third-order valence-corrected chi connectivity index (χ3v) is 4.43. The van der Waals surface area contributed by atoms with Gasteiger partial charge >= 0.3 is 0 Å². The van der Waals surface area contributed by atoms with Gasteiger partial charge in [0.25, 0.3) is 5.69 Å². The van der Waals surface area contributed by atoms with Gasteiger partial charge < -0.3 is 9.47 Å². The number of carbonyl (C=O) groups is 1. The van der Waals surface area contributed by atoms with E-state index in [1.807, 2.05) is 21.7 Å². The molecule has 1 saturated heterocycles. The van der Waals surface area contributed by atoms with Crippen molar-refractivity contribution in [1.82, 2.24) is 14.5 Å². The second-order valence-corrected chi connectivity index (χ2v) is 6.07. The Labute approximate surface area is 140 Å². The fourth-order valence-electron chi connectivity index (χ4n) is 3.21. The fourth-order valence-corrected chi connectivity index (χ4v) is 3.21. The van der Waals surface area contributed by atoms with Crippen LogP contribution >= 0.6 is 0 Å². The topological polar surface area (TPSA) is 81.3 Å². The summed E-state index contributed by atoms with van der Waals surface area (Å²) in [5, 5.41) is 10.8. The highest BCUT2D eigenvalue weighted by atomic mass is 16.6. The van der Waals surface area contributed by atoms with Crippen molar-refractivity contribution in [3.63, 3.8) is 0 Å². The molecule has 24 heavy (non-hydrogen) atoms. The number of imidazole rings is 1. The lowest BCUT2D eigenvalue weighted by Gasteiger charge is -2.25. The van der Waals surface area contributed by atoms with Crippen LogP contribution in [0.15, 0.2) is 43.0 Å². The van der Waals surface area contributed by atoms with Crippen molar-refractivity contribution < 1.29 is 9.72 Å². The molecule has 0 unspecified atom stereocenters. The van der Waals surface area contributed by atoms with Crippen LogP contribution in [0, 0.1) is 10.1 Å². The SMILES string of the molecule is O=C(CCc1cccc([N+](=O)[O-])c1)N1CCC[C@@H]1Cn1ccnc1. The number of likely N-dealkylation sites (tertiary alicyclic amines) is 1. The summed E-state index contributed by atoms with van der Waals surface area (Å²) in [5.74, 6) is 0.115. The Morgan fingerprint density at radius 3 is 3.04 bits per heavy atom. The number of nitrogens with zero attached hydrogens (tertiary/aromatic N) is 4. The molecule has 1 fully saturated rings. The Morgan fingerprint density at radius 1 is 1.42 bits per heavy atom. The zero-order valence-corrected chi connectivity index (χ0v) is 13.4. The highest BCUT2D eigenvalue weighted by Gasteiger charge is 2.28. The minimum Gasteiger partial charge on any atom is -0.338 e. The number of hydrogen-bond acceptors (Lipinski definition) is 4. The molecule has 2 aromatic rings. The van der Waals surface area contributed by atoms with E-state index in [-0.39, 0.29) is 17.6 Å². The molecule has 0 spiro atoms. The number of aromatic nitrogens is 2. The number of rotatable bonds is 6. The van der Waals surface area contributed by atoms with Crippen molar-refractivity contribution in [2.24, 2.45) is 0 Å². The lowest BCUT2D eigenvalue weighted by molar-refractivity contribution is -0.384. The minimum atomic E-state index is -0.410. The first kappa shape index (κ1) is 16.2. The van der Waals surface area contributed by atoms with Crippen LogP contribution in [0.4, 0.5) is 5.69 Å². The average Bonchev–Trinajstić information content (AvgIpc) is 3.25. The molecule has 0 bridgehead atoms. The maximum absolute atomic E-state index is 12.5. The molecule has 1 amide bonds. The van der Waals surface area contributed by atoms with Crippen LogP contribution < -0.4 is 0 Å². The Morgan fingerprint density at radius 2 is 2.29 bits per heavy atom. The molecule has 1 aromatic carbocycles. The highest BCUT2D eigenvalue weighted by molar-refractivity contribution is 5.77. The monoisotopic (exact) mass is 328 g/mol. The summed E-state index contributed by atoms with van der Waals surface area (Å²) in [6, 6.07) is 6.70. The first-order valence-electron chi connectivity index (χ1n) is 8.12. The van der Waals surface area contributed by atoms with Gasteiger partial charge in [-0.25, -0.2) is 4.98 Å². The first-order chi connectivity index (χ1) is 11.6. The van der Waals surface area contributed by atoms with Crippen LogP contribution in [0.25, 0.3) is 0 Å². The number of hydrogen-bond donors (Lipinski definition) is 0. The minimum absolute atomic E-state index is 0.0686. The molecule has 3 rings (SSSR count). The first-order valence-corrected chi connectivity index (χ1v) is 8.12. The van der Waals surface area contributed by atoms with Gasteiger partial charge in [-0.05, 0) is 24.8 Å². The lowest BCUT2D eigenvalue weighted by atomic mass is 10.1. The lowest BCUT2D eigenvalue weighted by Crippen LogP contribution is -2.38. The quantitative estimate of drug-likeness (QED) is 0.602. The van der Waals surface area contributed by atoms with Crippen molar-refractivity contribution in [3.05, 3.63) is 58.7 Å². The second kappa shape index (κ2) is 7.25. The second-order valence-electron chi connectivity index (χ2n) is 6.07. The van der Waals surface area contributed by atoms with Gasteiger partial charge in [-0.3, -0.25) is 14.9 Å². The van der Waals surface area contributed by atoms with Gasteiger partial charge in [0.2, 0.25) is 5.91 Å². The number of amides is 1. The normalized spacial score (nSPS) is 17.2. The predicted molar refractivity (Wildman–Crippen MR) is 88.4 cm³/mol. The van der Waals surface area contributed by atoms with Crippen molar-refractivity contribution in [2.75, 3.05) is 6.54 Å². The van der Waals surface area contributed by atoms with Crippen molar-refractivity contribution in [2.45, 2.75) is 38.3 Å². The molecular weight excluding hydrogens is 308 g/mol. The van der Waals surface area contributed by atoms with E-state index in [0.717, 1.165) is 31.5 Å². The Bertz CT molecular complexity index is 714. The summed E-state index contributed by atoms with van der Waals surface area (Å²) in [4.78, 5) is 28.9. The van der Waals surface area contributed by atoms with E-state index in [4.69, 9.17) is 0 Å². The molecule has 7 nitrogen and oxygen atoms in total. The van der Waals surface area contributed by atoms with E-state index in [1.54, 1.807) is 24.7 Å². The van der Waals surface area contributed by atoms with Crippen LogP contribution in [0.1, 0.15) is 24.8 Å². The maximum Gasteiger partial charge on any atom is 0.269 e. The van der Waals surface area contributed by atoms with Gasteiger partial charge in [0, 0.05) is 50.1 Å². The van der Waals surface area contributed by atoms with E-state index in [2.05, 4.69) is 4.98 Å². The average molecular weight is 328 g/mol. The van der Waals surface area contributed by atoms with Crippen molar-refractivity contribution in [3.8, 4) is 0 Å². The molecule has 0 N–H and O–H groups in total. The Hall–Kier alpha value is -2.70. The highest BCUT2D eigenvalue weighted by Crippen LogP contribution is 2.21. The van der Waals surface area contributed by atoms with Crippen LogP contribution in [-0.2, 0) is 17.8 Å². The van der Waals surface area contributed by atoms with Crippen LogP contribution in [0.3, 0.4) is 0 Å². The molecule has 7 heteroatoms. The van der Waals surface area contributed by atoms with Gasteiger partial charge in [-0.2, -0.15) is 0 Å². The van der Waals surface area contributed by atoms with Crippen LogP contribution in [0.2, 0.25) is 0 Å². The molecule has 1 aliphatic rings. The summed E-state index contributed by atoms with van der Waals surface area (Å²) in [6.07, 6.45) is 8.33. The van der Waals surface area contributed by atoms with Gasteiger partial charge in [-0.1, -0.05) is 12.1 Å². The molecule has 0 saturated carbocycles. The molecule has 1 atom stereocenters. The molecule has 1 aromatic heterocycles. The van der Waals surface area contributed by atoms with E-state index < -0.39 is 4.92 Å².